The van der Waals surface area contributed by atoms with Gasteiger partial charge in [0, 0.05) is 41.1 Å². The third kappa shape index (κ3) is 6.70. The summed E-state index contributed by atoms with van der Waals surface area (Å²) in [7, 11) is 0. The number of halogens is 2. The first kappa shape index (κ1) is 20.5. The van der Waals surface area contributed by atoms with E-state index < -0.39 is 0 Å². The number of carbonyl (C=O) groups is 1. The quantitative estimate of drug-likeness (QED) is 0.699. The highest BCUT2D eigenvalue weighted by Crippen LogP contribution is 2.24. The smallest absolute Gasteiger partial charge is 0.234 e. The van der Waals surface area contributed by atoms with Gasteiger partial charge in [0.1, 0.15) is 0 Å². The number of rotatable bonds is 7. The Balaban J connectivity index is 1.46. The fraction of sp³-hybridized carbons (Fsp3) is 0.350. The molecule has 1 heterocycles. The maximum Gasteiger partial charge on any atom is 0.234 e. The van der Waals surface area contributed by atoms with E-state index in [0.717, 1.165) is 44.1 Å². The first-order chi connectivity index (χ1) is 13.1. The summed E-state index contributed by atoms with van der Waals surface area (Å²) in [5.41, 5.74) is 3.00. The Morgan fingerprint density at radius 3 is 2.74 bits per heavy atom. The Labute approximate surface area is 174 Å². The van der Waals surface area contributed by atoms with Crippen LogP contribution < -0.4 is 5.32 Å². The summed E-state index contributed by atoms with van der Waals surface area (Å²) in [4.78, 5) is 14.6. The predicted molar refractivity (Wildman–Crippen MR) is 114 cm³/mol. The summed E-state index contributed by atoms with van der Waals surface area (Å²) in [6.45, 7) is 4.33. The minimum atomic E-state index is -0.0198. The number of benzene rings is 2. The molecule has 0 aliphatic carbocycles. The number of hydrogen-bond donors (Lipinski definition) is 1. The van der Waals surface area contributed by atoms with E-state index in [9.17, 15) is 4.79 Å². The second-order valence-electron chi connectivity index (χ2n) is 6.37. The van der Waals surface area contributed by atoms with Crippen LogP contribution in [0.2, 0.25) is 10.0 Å². The second kappa shape index (κ2) is 10.3. The number of ether oxygens (including phenoxy) is 1. The molecule has 2 aromatic carbocycles. The molecule has 1 N–H and O–H groups in total. The third-order valence-corrected chi connectivity index (χ3v) is 5.79. The van der Waals surface area contributed by atoms with Gasteiger partial charge in [-0.05, 0) is 35.4 Å². The molecule has 1 aliphatic rings. The highest BCUT2D eigenvalue weighted by atomic mass is 35.5. The van der Waals surface area contributed by atoms with Crippen molar-refractivity contribution < 1.29 is 9.53 Å². The van der Waals surface area contributed by atoms with Gasteiger partial charge in [-0.25, -0.2) is 0 Å². The predicted octanol–water partition coefficient (Wildman–Crippen LogP) is 4.70. The molecule has 0 radical (unpaired) electrons. The fourth-order valence-electron chi connectivity index (χ4n) is 2.85. The summed E-state index contributed by atoms with van der Waals surface area (Å²) in [6.07, 6.45) is 0. The molecule has 7 heteroatoms. The molecule has 0 unspecified atom stereocenters. The lowest BCUT2D eigenvalue weighted by Crippen LogP contribution is -2.35. The summed E-state index contributed by atoms with van der Waals surface area (Å²) < 4.78 is 5.38. The second-order valence-corrected chi connectivity index (χ2v) is 8.19. The van der Waals surface area contributed by atoms with Crippen LogP contribution in [0.5, 0.6) is 0 Å². The summed E-state index contributed by atoms with van der Waals surface area (Å²) >= 11 is 13.6. The van der Waals surface area contributed by atoms with Gasteiger partial charge < -0.3 is 10.1 Å². The number of nitrogens with one attached hydrogen (secondary N) is 1. The molecule has 1 saturated heterocycles. The fourth-order valence-corrected chi connectivity index (χ4v) is 4.24. The van der Waals surface area contributed by atoms with Crippen molar-refractivity contribution in [2.75, 3.05) is 37.4 Å². The molecule has 0 aromatic heterocycles. The summed E-state index contributed by atoms with van der Waals surface area (Å²) in [6, 6.07) is 13.4. The van der Waals surface area contributed by atoms with Crippen LogP contribution in [0.15, 0.2) is 42.5 Å². The van der Waals surface area contributed by atoms with Crippen molar-refractivity contribution >= 4 is 46.6 Å². The molecule has 1 fully saturated rings. The number of amides is 1. The van der Waals surface area contributed by atoms with Gasteiger partial charge in [-0.1, -0.05) is 41.4 Å². The standard InChI is InChI=1S/C20H22Cl2N2O2S/c21-17-5-4-16(19(22)11-17)13-27-14-20(25)23-18-3-1-2-15(10-18)12-24-6-8-26-9-7-24/h1-5,10-11H,6-9,12-14H2,(H,23,25). The molecule has 2 aromatic rings. The zero-order chi connectivity index (χ0) is 19.1. The van der Waals surface area contributed by atoms with Crippen LogP contribution in [0.1, 0.15) is 11.1 Å². The lowest BCUT2D eigenvalue weighted by atomic mass is 10.2. The zero-order valence-corrected chi connectivity index (χ0v) is 17.2. The summed E-state index contributed by atoms with van der Waals surface area (Å²) in [5.74, 6) is 1.02. The number of anilines is 1. The molecule has 0 bridgehead atoms. The Morgan fingerprint density at radius 1 is 1.15 bits per heavy atom. The van der Waals surface area contributed by atoms with E-state index in [4.69, 9.17) is 27.9 Å². The molecule has 1 aliphatic heterocycles. The molecule has 27 heavy (non-hydrogen) atoms. The van der Waals surface area contributed by atoms with Crippen LogP contribution in [0, 0.1) is 0 Å². The molecule has 0 spiro atoms. The van der Waals surface area contributed by atoms with Gasteiger partial charge in [0.05, 0.1) is 19.0 Å². The van der Waals surface area contributed by atoms with Gasteiger partial charge in [-0.3, -0.25) is 9.69 Å². The number of hydrogen-bond acceptors (Lipinski definition) is 4. The summed E-state index contributed by atoms with van der Waals surface area (Å²) in [5, 5.41) is 4.22. The van der Waals surface area contributed by atoms with Gasteiger partial charge in [-0.15, -0.1) is 11.8 Å². The zero-order valence-electron chi connectivity index (χ0n) is 14.9. The first-order valence-electron chi connectivity index (χ1n) is 8.81. The monoisotopic (exact) mass is 424 g/mol. The highest BCUT2D eigenvalue weighted by Gasteiger charge is 2.11. The Hall–Kier alpha value is -1.24. The van der Waals surface area contributed by atoms with E-state index in [2.05, 4.69) is 16.3 Å². The van der Waals surface area contributed by atoms with E-state index >= 15 is 0 Å². The molecule has 0 saturated carbocycles. The average Bonchev–Trinajstić information content (AvgIpc) is 2.65. The Kier molecular flexibility index (Phi) is 7.85. The number of nitrogens with zero attached hydrogens (tertiary/aromatic N) is 1. The van der Waals surface area contributed by atoms with Gasteiger partial charge in [0.2, 0.25) is 5.91 Å². The first-order valence-corrected chi connectivity index (χ1v) is 10.7. The van der Waals surface area contributed by atoms with Gasteiger partial charge in [-0.2, -0.15) is 0 Å². The van der Waals surface area contributed by atoms with Crippen molar-refractivity contribution in [2.45, 2.75) is 12.3 Å². The van der Waals surface area contributed by atoms with Crippen molar-refractivity contribution in [3.8, 4) is 0 Å². The molecule has 1 amide bonds. The van der Waals surface area contributed by atoms with Crippen LogP contribution in [0.25, 0.3) is 0 Å². The molecular formula is C20H22Cl2N2O2S. The van der Waals surface area contributed by atoms with Gasteiger partial charge in [0.25, 0.3) is 0 Å². The number of thioether (sulfide) groups is 1. The number of carbonyl (C=O) groups excluding carboxylic acids is 1. The van der Waals surface area contributed by atoms with Crippen LogP contribution in [-0.4, -0.2) is 42.9 Å². The molecule has 144 valence electrons. The lowest BCUT2D eigenvalue weighted by Gasteiger charge is -2.26. The van der Waals surface area contributed by atoms with Gasteiger partial charge in [0.15, 0.2) is 0 Å². The van der Waals surface area contributed by atoms with Crippen LogP contribution in [0.4, 0.5) is 5.69 Å². The molecule has 0 atom stereocenters. The average molecular weight is 425 g/mol. The van der Waals surface area contributed by atoms with Crippen molar-refractivity contribution in [1.29, 1.82) is 0 Å². The van der Waals surface area contributed by atoms with Crippen LogP contribution in [0.3, 0.4) is 0 Å². The maximum absolute atomic E-state index is 12.2. The molecule has 3 rings (SSSR count). The van der Waals surface area contributed by atoms with Gasteiger partial charge >= 0.3 is 0 Å². The number of morpholine rings is 1. The minimum absolute atomic E-state index is 0.0198. The molecular weight excluding hydrogens is 403 g/mol. The SMILES string of the molecule is O=C(CSCc1ccc(Cl)cc1Cl)Nc1cccc(CN2CCOCC2)c1. The highest BCUT2D eigenvalue weighted by molar-refractivity contribution is 7.99. The van der Waals surface area contributed by atoms with Crippen molar-refractivity contribution in [2.24, 2.45) is 0 Å². The Bertz CT molecular complexity index is 782. The van der Waals surface area contributed by atoms with Crippen LogP contribution in [-0.2, 0) is 21.8 Å². The van der Waals surface area contributed by atoms with E-state index in [-0.39, 0.29) is 5.91 Å². The normalized spacial score (nSPS) is 14.9. The third-order valence-electron chi connectivity index (χ3n) is 4.23. The topological polar surface area (TPSA) is 41.6 Å². The van der Waals surface area contributed by atoms with E-state index in [1.807, 2.05) is 30.3 Å². The minimum Gasteiger partial charge on any atom is -0.379 e. The Morgan fingerprint density at radius 2 is 1.96 bits per heavy atom. The van der Waals surface area contributed by atoms with Crippen molar-refractivity contribution in [3.05, 3.63) is 63.6 Å². The van der Waals surface area contributed by atoms with E-state index in [1.54, 1.807) is 6.07 Å². The molecule has 4 nitrogen and oxygen atoms in total. The van der Waals surface area contributed by atoms with E-state index in [0.29, 0.717) is 21.6 Å². The maximum atomic E-state index is 12.2. The van der Waals surface area contributed by atoms with E-state index in [1.165, 1.54) is 17.3 Å². The largest absolute Gasteiger partial charge is 0.379 e. The van der Waals surface area contributed by atoms with Crippen molar-refractivity contribution in [1.82, 2.24) is 4.90 Å². The van der Waals surface area contributed by atoms with Crippen molar-refractivity contribution in [3.63, 3.8) is 0 Å². The lowest BCUT2D eigenvalue weighted by molar-refractivity contribution is -0.113. The van der Waals surface area contributed by atoms with Crippen LogP contribution >= 0.6 is 35.0 Å².